The van der Waals surface area contributed by atoms with Crippen LogP contribution in [0.3, 0.4) is 0 Å². The molecular weight excluding hydrogens is 323 g/mol. The van der Waals surface area contributed by atoms with Crippen molar-refractivity contribution in [2.24, 2.45) is 5.16 Å². The van der Waals surface area contributed by atoms with Crippen LogP contribution in [-0.4, -0.2) is 22.8 Å². The lowest BCUT2D eigenvalue weighted by Crippen LogP contribution is -2.58. The van der Waals surface area contributed by atoms with Crippen LogP contribution in [0.4, 0.5) is 0 Å². The van der Waals surface area contributed by atoms with E-state index in [1.165, 1.54) is 12.1 Å². The fraction of sp³-hybridized carbons (Fsp3) is 0.500. The predicted molar refractivity (Wildman–Crippen MR) is 89.8 cm³/mol. The molecule has 0 bridgehead atoms. The molecule has 6 heteroatoms. The van der Waals surface area contributed by atoms with E-state index in [1.807, 2.05) is 0 Å². The summed E-state index contributed by atoms with van der Waals surface area (Å²) in [6.07, 6.45) is 1.44. The molecule has 1 aromatic carbocycles. The Bertz CT molecular complexity index is 607. The van der Waals surface area contributed by atoms with Gasteiger partial charge in [-0.25, -0.2) is 4.79 Å². The van der Waals surface area contributed by atoms with E-state index in [1.54, 1.807) is 6.07 Å². The summed E-state index contributed by atoms with van der Waals surface area (Å²) in [6.45, 7) is 8.39. The van der Waals surface area contributed by atoms with Crippen LogP contribution in [0.15, 0.2) is 23.4 Å². The number of carbonyl (C=O) groups is 1. The third-order valence-corrected chi connectivity index (χ3v) is 3.93. The Morgan fingerprint density at radius 3 is 2.32 bits per heavy atom. The van der Waals surface area contributed by atoms with E-state index in [0.29, 0.717) is 5.02 Å². The number of carbonyl (C=O) groups excluding carboxylic acids is 1. The van der Waals surface area contributed by atoms with E-state index < -0.39 is 5.97 Å². The highest BCUT2D eigenvalue weighted by atomic mass is 35.5. The maximum Gasteiger partial charge on any atom is 0.367 e. The molecule has 1 N–H and O–H groups in total. The quantitative estimate of drug-likeness (QED) is 0.638. The number of nitrogens with one attached hydrogen (secondary N) is 1. The van der Waals surface area contributed by atoms with Crippen LogP contribution in [0.1, 0.15) is 50.9 Å². The minimum absolute atomic E-state index is 0.0924. The summed E-state index contributed by atoms with van der Waals surface area (Å²) in [5, 5.41) is 8.31. The Morgan fingerprint density at radius 2 is 1.77 bits per heavy atom. The second-order valence-corrected chi connectivity index (χ2v) is 7.75. The molecule has 1 aliphatic rings. The van der Waals surface area contributed by atoms with Crippen molar-refractivity contribution in [1.29, 1.82) is 0 Å². The number of hydrogen-bond acceptors (Lipinski definition) is 4. The zero-order chi connectivity index (χ0) is 16.5. The van der Waals surface area contributed by atoms with Crippen LogP contribution >= 0.6 is 23.2 Å². The summed E-state index contributed by atoms with van der Waals surface area (Å²) >= 11 is 11.8. The van der Waals surface area contributed by atoms with Crippen LogP contribution in [-0.2, 0) is 4.84 Å². The van der Waals surface area contributed by atoms with Gasteiger partial charge in [0.15, 0.2) is 0 Å². The molecule has 0 atom stereocenters. The van der Waals surface area contributed by atoms with E-state index in [-0.39, 0.29) is 21.7 Å². The third-order valence-electron chi connectivity index (χ3n) is 3.38. The Kier molecular flexibility index (Phi) is 4.85. The van der Waals surface area contributed by atoms with Crippen molar-refractivity contribution < 1.29 is 9.63 Å². The molecule has 1 heterocycles. The second-order valence-electron chi connectivity index (χ2n) is 6.91. The molecular formula is C16H20Cl2N2O2. The van der Waals surface area contributed by atoms with Crippen LogP contribution in [0.5, 0.6) is 0 Å². The fourth-order valence-electron chi connectivity index (χ4n) is 2.96. The van der Waals surface area contributed by atoms with Gasteiger partial charge in [-0.1, -0.05) is 28.4 Å². The zero-order valence-electron chi connectivity index (χ0n) is 13.2. The summed E-state index contributed by atoms with van der Waals surface area (Å²) in [5.41, 5.74) is 0.922. The van der Waals surface area contributed by atoms with E-state index in [2.05, 4.69) is 38.2 Å². The molecule has 4 nitrogen and oxygen atoms in total. The number of benzene rings is 1. The van der Waals surface area contributed by atoms with Crippen LogP contribution in [0.25, 0.3) is 0 Å². The van der Waals surface area contributed by atoms with Gasteiger partial charge >= 0.3 is 5.97 Å². The molecule has 0 amide bonds. The fourth-order valence-corrected chi connectivity index (χ4v) is 3.45. The molecule has 0 spiro atoms. The van der Waals surface area contributed by atoms with Gasteiger partial charge in [0.25, 0.3) is 0 Å². The highest BCUT2D eigenvalue weighted by Crippen LogP contribution is 2.27. The van der Waals surface area contributed by atoms with Gasteiger partial charge in [0.2, 0.25) is 0 Å². The number of nitrogens with zero attached hydrogens (tertiary/aromatic N) is 1. The highest BCUT2D eigenvalue weighted by molar-refractivity contribution is 6.36. The van der Waals surface area contributed by atoms with Gasteiger partial charge in [0, 0.05) is 28.9 Å². The van der Waals surface area contributed by atoms with Crippen molar-refractivity contribution in [2.75, 3.05) is 0 Å². The molecule has 2 rings (SSSR count). The van der Waals surface area contributed by atoms with E-state index >= 15 is 0 Å². The van der Waals surface area contributed by atoms with Gasteiger partial charge < -0.3 is 10.2 Å². The van der Waals surface area contributed by atoms with E-state index in [9.17, 15) is 4.79 Å². The van der Waals surface area contributed by atoms with Crippen molar-refractivity contribution in [3.05, 3.63) is 33.8 Å². The lowest BCUT2D eigenvalue weighted by Gasteiger charge is -2.42. The molecule has 0 radical (unpaired) electrons. The van der Waals surface area contributed by atoms with Crippen molar-refractivity contribution >= 4 is 34.9 Å². The zero-order valence-corrected chi connectivity index (χ0v) is 14.7. The lowest BCUT2D eigenvalue weighted by atomic mass is 9.81. The smallest absolute Gasteiger partial charge is 0.313 e. The maximum atomic E-state index is 12.1. The molecule has 22 heavy (non-hydrogen) atoms. The molecule has 0 saturated carbocycles. The van der Waals surface area contributed by atoms with Gasteiger partial charge in [-0.05, 0) is 45.9 Å². The first-order chi connectivity index (χ1) is 10.1. The molecule has 0 unspecified atom stereocenters. The highest BCUT2D eigenvalue weighted by Gasteiger charge is 2.36. The number of hydrogen-bond donors (Lipinski definition) is 1. The third kappa shape index (κ3) is 4.45. The largest absolute Gasteiger partial charge is 0.367 e. The Balaban J connectivity index is 2.12. The van der Waals surface area contributed by atoms with Crippen molar-refractivity contribution in [1.82, 2.24) is 5.32 Å². The average molecular weight is 343 g/mol. The summed E-state index contributed by atoms with van der Waals surface area (Å²) in [7, 11) is 0. The predicted octanol–water partition coefficient (Wildman–Crippen LogP) is 4.45. The lowest BCUT2D eigenvalue weighted by molar-refractivity contribution is 0.0509. The Hall–Kier alpha value is -1.10. The maximum absolute atomic E-state index is 12.1. The van der Waals surface area contributed by atoms with Crippen molar-refractivity contribution in [3.63, 3.8) is 0 Å². The first kappa shape index (κ1) is 17.3. The summed E-state index contributed by atoms with van der Waals surface area (Å²) in [5.74, 6) is -0.580. The van der Waals surface area contributed by atoms with Crippen LogP contribution in [0, 0.1) is 0 Å². The Morgan fingerprint density at radius 1 is 1.18 bits per heavy atom. The first-order valence-corrected chi connectivity index (χ1v) is 7.85. The standard InChI is InChI=1S/C16H20Cl2N2O2/c1-15(2)8-11(9-16(3,4)20-15)19-22-14(21)12-6-5-10(17)7-13(12)18/h5-7,20H,8-9H2,1-4H3. The van der Waals surface area contributed by atoms with Gasteiger partial charge in [0.05, 0.1) is 16.3 Å². The minimum Gasteiger partial charge on any atom is -0.313 e. The Labute approximate surface area is 140 Å². The topological polar surface area (TPSA) is 50.7 Å². The van der Waals surface area contributed by atoms with Gasteiger partial charge in [-0.2, -0.15) is 0 Å². The first-order valence-electron chi connectivity index (χ1n) is 7.09. The molecule has 1 aromatic rings. The molecule has 120 valence electrons. The average Bonchev–Trinajstić information content (AvgIpc) is 2.32. The van der Waals surface area contributed by atoms with Crippen molar-refractivity contribution in [2.45, 2.75) is 51.6 Å². The molecule has 1 fully saturated rings. The number of rotatable bonds is 2. The van der Waals surface area contributed by atoms with Gasteiger partial charge in [-0.15, -0.1) is 0 Å². The van der Waals surface area contributed by atoms with Crippen molar-refractivity contribution in [3.8, 4) is 0 Å². The van der Waals surface area contributed by atoms with Gasteiger partial charge in [-0.3, -0.25) is 0 Å². The molecule has 1 saturated heterocycles. The summed E-state index contributed by atoms with van der Waals surface area (Å²) < 4.78 is 0. The summed E-state index contributed by atoms with van der Waals surface area (Å²) in [4.78, 5) is 17.1. The molecule has 1 aliphatic heterocycles. The SMILES string of the molecule is CC1(C)CC(=NOC(=O)c2ccc(Cl)cc2Cl)CC(C)(C)N1. The minimum atomic E-state index is -0.580. The van der Waals surface area contributed by atoms with Crippen LogP contribution < -0.4 is 5.32 Å². The number of halogens is 2. The van der Waals surface area contributed by atoms with E-state index in [4.69, 9.17) is 28.0 Å². The van der Waals surface area contributed by atoms with Crippen LogP contribution in [0.2, 0.25) is 10.0 Å². The molecule has 0 aliphatic carbocycles. The van der Waals surface area contributed by atoms with Gasteiger partial charge in [0.1, 0.15) is 0 Å². The monoisotopic (exact) mass is 342 g/mol. The van der Waals surface area contributed by atoms with E-state index in [0.717, 1.165) is 18.6 Å². The molecule has 0 aromatic heterocycles. The number of oxime groups is 1. The number of piperidine rings is 1. The summed E-state index contributed by atoms with van der Waals surface area (Å²) in [6, 6.07) is 4.63. The second kappa shape index (κ2) is 6.19. The normalized spacial score (nSPS) is 19.6.